The summed E-state index contributed by atoms with van der Waals surface area (Å²) in [6, 6.07) is 33.8. The van der Waals surface area contributed by atoms with E-state index in [1.807, 2.05) is 0 Å². The molecular formula is C37H27N. The van der Waals surface area contributed by atoms with Crippen molar-refractivity contribution >= 4 is 44.7 Å². The van der Waals surface area contributed by atoms with Crippen LogP contribution in [0.25, 0.3) is 61.5 Å². The molecule has 0 bridgehead atoms. The Morgan fingerprint density at radius 1 is 0.553 bits per heavy atom. The van der Waals surface area contributed by atoms with Crippen LogP contribution in [0.3, 0.4) is 0 Å². The van der Waals surface area contributed by atoms with E-state index in [4.69, 9.17) is 0 Å². The van der Waals surface area contributed by atoms with Gasteiger partial charge in [0.1, 0.15) is 0 Å². The second-order valence-corrected chi connectivity index (χ2v) is 11.0. The van der Waals surface area contributed by atoms with E-state index in [0.717, 1.165) is 0 Å². The molecule has 0 unspecified atom stereocenters. The number of para-hydroxylation sites is 1. The largest absolute Gasteiger partial charge is 0.309 e. The van der Waals surface area contributed by atoms with Crippen LogP contribution in [0.15, 0.2) is 115 Å². The highest BCUT2D eigenvalue weighted by Gasteiger charge is 2.36. The standard InChI is InChI=1S/C37H27N/c1-37(2)32-20-11-10-18-27(32)29-22-30-31-21-25-14-7-4-3-6-13-24-15-12-19-28(35(24)25)36(31)38(34(30)23-33(29)37)26-16-8-5-9-17-26/h3-23H,1-2H3/b4-3-,13-6+,14-7+. The third-order valence-corrected chi connectivity index (χ3v) is 8.55. The number of benzene rings is 5. The van der Waals surface area contributed by atoms with Gasteiger partial charge in [-0.3, -0.25) is 0 Å². The Balaban J connectivity index is 1.61. The molecule has 6 aromatic rings. The van der Waals surface area contributed by atoms with E-state index >= 15 is 0 Å². The topological polar surface area (TPSA) is 4.93 Å². The molecule has 1 nitrogen and oxygen atoms in total. The molecule has 0 radical (unpaired) electrons. The monoisotopic (exact) mass is 485 g/mol. The van der Waals surface area contributed by atoms with E-state index in [0.29, 0.717) is 0 Å². The van der Waals surface area contributed by atoms with Crippen LogP contribution < -0.4 is 0 Å². The van der Waals surface area contributed by atoms with Crippen molar-refractivity contribution in [3.05, 3.63) is 138 Å². The van der Waals surface area contributed by atoms with Gasteiger partial charge in [0.25, 0.3) is 0 Å². The molecule has 2 aliphatic carbocycles. The van der Waals surface area contributed by atoms with Crippen molar-refractivity contribution in [3.8, 4) is 16.8 Å². The lowest BCUT2D eigenvalue weighted by molar-refractivity contribution is 0.661. The van der Waals surface area contributed by atoms with Crippen LogP contribution in [0.4, 0.5) is 0 Å². The van der Waals surface area contributed by atoms with Gasteiger partial charge in [0.15, 0.2) is 0 Å². The molecule has 1 aromatic heterocycles. The van der Waals surface area contributed by atoms with Crippen LogP contribution in [0.2, 0.25) is 0 Å². The van der Waals surface area contributed by atoms with E-state index in [-0.39, 0.29) is 5.41 Å². The molecule has 1 heterocycles. The van der Waals surface area contributed by atoms with Gasteiger partial charge in [-0.1, -0.05) is 111 Å². The summed E-state index contributed by atoms with van der Waals surface area (Å²) in [4.78, 5) is 0. The lowest BCUT2D eigenvalue weighted by Crippen LogP contribution is -2.14. The molecule has 2 aliphatic rings. The first-order valence-electron chi connectivity index (χ1n) is 13.4. The van der Waals surface area contributed by atoms with E-state index in [1.54, 1.807) is 0 Å². The summed E-state index contributed by atoms with van der Waals surface area (Å²) in [5.74, 6) is 0. The van der Waals surface area contributed by atoms with Crippen LogP contribution in [-0.4, -0.2) is 4.57 Å². The third kappa shape index (κ3) is 2.82. The fourth-order valence-corrected chi connectivity index (χ4v) is 6.80. The summed E-state index contributed by atoms with van der Waals surface area (Å²) >= 11 is 0. The molecule has 0 amide bonds. The Kier molecular flexibility index (Phi) is 4.35. The van der Waals surface area contributed by atoms with Gasteiger partial charge in [-0.2, -0.15) is 0 Å². The zero-order valence-corrected chi connectivity index (χ0v) is 21.6. The Morgan fingerprint density at radius 3 is 2.16 bits per heavy atom. The highest BCUT2D eigenvalue weighted by molar-refractivity contribution is 6.22. The first kappa shape index (κ1) is 21.5. The second-order valence-electron chi connectivity index (χ2n) is 11.0. The number of fused-ring (bicyclic) bond motifs is 7. The number of aromatic nitrogens is 1. The molecule has 38 heavy (non-hydrogen) atoms. The van der Waals surface area contributed by atoms with Gasteiger partial charge in [0, 0.05) is 27.3 Å². The predicted octanol–water partition coefficient (Wildman–Crippen LogP) is 9.84. The second kappa shape index (κ2) is 7.69. The zero-order chi connectivity index (χ0) is 25.4. The highest BCUT2D eigenvalue weighted by atomic mass is 15.0. The molecule has 0 saturated carbocycles. The average Bonchev–Trinajstić information content (AvgIpc) is 3.42. The molecule has 0 atom stereocenters. The maximum atomic E-state index is 2.49. The summed E-state index contributed by atoms with van der Waals surface area (Å²) in [6.07, 6.45) is 13.0. The average molecular weight is 486 g/mol. The third-order valence-electron chi connectivity index (χ3n) is 8.55. The Morgan fingerprint density at radius 2 is 1.32 bits per heavy atom. The summed E-state index contributed by atoms with van der Waals surface area (Å²) < 4.78 is 2.49. The number of allylic oxidation sites excluding steroid dienone is 4. The normalized spacial score (nSPS) is 17.5. The maximum Gasteiger partial charge on any atom is 0.0620 e. The smallest absolute Gasteiger partial charge is 0.0620 e. The summed E-state index contributed by atoms with van der Waals surface area (Å²) in [5, 5.41) is 5.18. The van der Waals surface area contributed by atoms with E-state index < -0.39 is 0 Å². The van der Waals surface area contributed by atoms with Crippen LogP contribution in [0.5, 0.6) is 0 Å². The Hall–Kier alpha value is -4.62. The SMILES string of the molecule is CC1(C)c2ccccc2-c2cc3c4cc5c6c(cccc6c4n(-c4ccccc4)c3cc21)/C=C/C=C\C=C\5. The Bertz CT molecular complexity index is 2030. The molecule has 0 fully saturated rings. The van der Waals surface area contributed by atoms with Crippen LogP contribution in [0, 0.1) is 0 Å². The minimum Gasteiger partial charge on any atom is -0.309 e. The fraction of sp³-hybridized carbons (Fsp3) is 0.0811. The lowest BCUT2D eigenvalue weighted by atomic mass is 9.82. The molecule has 5 aromatic carbocycles. The van der Waals surface area contributed by atoms with Gasteiger partial charge in [-0.05, 0) is 69.1 Å². The van der Waals surface area contributed by atoms with E-state index in [1.165, 1.54) is 71.6 Å². The molecule has 0 aliphatic heterocycles. The van der Waals surface area contributed by atoms with Crippen LogP contribution in [-0.2, 0) is 5.41 Å². The predicted molar refractivity (Wildman–Crippen MR) is 163 cm³/mol. The molecule has 180 valence electrons. The van der Waals surface area contributed by atoms with Gasteiger partial charge in [-0.25, -0.2) is 0 Å². The van der Waals surface area contributed by atoms with Gasteiger partial charge in [-0.15, -0.1) is 0 Å². The molecule has 1 heteroatoms. The quantitative estimate of drug-likeness (QED) is 0.218. The van der Waals surface area contributed by atoms with Gasteiger partial charge in [0.2, 0.25) is 0 Å². The van der Waals surface area contributed by atoms with Crippen molar-refractivity contribution in [1.29, 1.82) is 0 Å². The van der Waals surface area contributed by atoms with Crippen molar-refractivity contribution in [3.63, 3.8) is 0 Å². The van der Waals surface area contributed by atoms with Gasteiger partial charge in [0.05, 0.1) is 11.0 Å². The van der Waals surface area contributed by atoms with Crippen molar-refractivity contribution < 1.29 is 0 Å². The Labute approximate surface area is 222 Å². The van der Waals surface area contributed by atoms with Gasteiger partial charge < -0.3 is 4.57 Å². The van der Waals surface area contributed by atoms with E-state index in [9.17, 15) is 0 Å². The highest BCUT2D eigenvalue weighted by Crippen LogP contribution is 2.51. The number of rotatable bonds is 1. The molecule has 0 N–H and O–H groups in total. The lowest BCUT2D eigenvalue weighted by Gasteiger charge is -2.21. The minimum atomic E-state index is -0.0463. The summed E-state index contributed by atoms with van der Waals surface area (Å²) in [5.41, 5.74) is 11.7. The van der Waals surface area contributed by atoms with Gasteiger partial charge >= 0.3 is 0 Å². The molecule has 0 spiro atoms. The van der Waals surface area contributed by atoms with Crippen LogP contribution >= 0.6 is 0 Å². The zero-order valence-electron chi connectivity index (χ0n) is 21.6. The minimum absolute atomic E-state index is 0.0463. The number of hydrogen-bond donors (Lipinski definition) is 0. The number of nitrogens with zero attached hydrogens (tertiary/aromatic N) is 1. The van der Waals surface area contributed by atoms with Crippen LogP contribution in [0.1, 0.15) is 36.1 Å². The first-order chi connectivity index (χ1) is 18.6. The summed E-state index contributed by atoms with van der Waals surface area (Å²) in [7, 11) is 0. The van der Waals surface area contributed by atoms with Crippen molar-refractivity contribution in [2.75, 3.05) is 0 Å². The van der Waals surface area contributed by atoms with Crippen molar-refractivity contribution in [1.82, 2.24) is 4.57 Å². The molecule has 0 saturated heterocycles. The van der Waals surface area contributed by atoms with E-state index in [2.05, 4.69) is 146 Å². The summed E-state index contributed by atoms with van der Waals surface area (Å²) in [6.45, 7) is 4.73. The molecular weight excluding hydrogens is 458 g/mol. The fourth-order valence-electron chi connectivity index (χ4n) is 6.80. The van der Waals surface area contributed by atoms with Crippen molar-refractivity contribution in [2.24, 2.45) is 0 Å². The van der Waals surface area contributed by atoms with Crippen molar-refractivity contribution in [2.45, 2.75) is 19.3 Å². The first-order valence-corrected chi connectivity index (χ1v) is 13.4. The molecule has 8 rings (SSSR count). The number of hydrogen-bond acceptors (Lipinski definition) is 0. The maximum absolute atomic E-state index is 2.49.